The number of aliphatic hydroxyl groups is 2. The fourth-order valence-electron chi connectivity index (χ4n) is 1.34. The number of hydrogen-bond donors (Lipinski definition) is 2. The minimum atomic E-state index is -0.0417. The van der Waals surface area contributed by atoms with Crippen molar-refractivity contribution in [1.29, 1.82) is 0 Å². The quantitative estimate of drug-likeness (QED) is 0.779. The molecule has 2 aromatic rings. The summed E-state index contributed by atoms with van der Waals surface area (Å²) in [5.41, 5.74) is 2.17. The lowest BCUT2D eigenvalue weighted by molar-refractivity contribution is 0.462. The van der Waals surface area contributed by atoms with Crippen molar-refractivity contribution >= 4 is 34.2 Å². The largest absolute Gasteiger partial charge is 0.503 e. The Balaban J connectivity index is 2.41. The predicted molar refractivity (Wildman–Crippen MR) is 70.2 cm³/mol. The van der Waals surface area contributed by atoms with Crippen molar-refractivity contribution in [1.82, 2.24) is 0 Å². The van der Waals surface area contributed by atoms with Gasteiger partial charge in [-0.05, 0) is 47.9 Å². The van der Waals surface area contributed by atoms with Gasteiger partial charge in [-0.2, -0.15) is 0 Å². The highest BCUT2D eigenvalue weighted by atomic mass is 32.1. The molecule has 2 nitrogen and oxygen atoms in total. The van der Waals surface area contributed by atoms with Crippen LogP contribution in [0.3, 0.4) is 0 Å². The Morgan fingerprint density at radius 1 is 0.875 bits per heavy atom. The van der Waals surface area contributed by atoms with Gasteiger partial charge in [0, 0.05) is 0 Å². The molecule has 2 heterocycles. The molecule has 0 aliphatic carbocycles. The number of aryl methyl sites for hydroxylation is 2. The summed E-state index contributed by atoms with van der Waals surface area (Å²) in [7, 11) is 0. The average Bonchev–Trinajstić information content (AvgIpc) is 2.85. The zero-order chi connectivity index (χ0) is 11.7. The molecular weight excluding hydrogens is 240 g/mol. The van der Waals surface area contributed by atoms with Gasteiger partial charge in [-0.25, -0.2) is 0 Å². The van der Waals surface area contributed by atoms with Crippen LogP contribution in [0.4, 0.5) is 0 Å². The van der Waals surface area contributed by atoms with Crippen LogP contribution in [0.25, 0.3) is 11.5 Å². The first kappa shape index (κ1) is 11.2. The van der Waals surface area contributed by atoms with E-state index in [1.807, 2.05) is 36.7 Å². The lowest BCUT2D eigenvalue weighted by atomic mass is 10.2. The Hall–Kier alpha value is -1.26. The zero-order valence-corrected chi connectivity index (χ0v) is 10.7. The smallest absolute Gasteiger partial charge is 0.176 e. The highest BCUT2D eigenvalue weighted by molar-refractivity contribution is 7.12. The molecular formula is C12H12O2S2. The Kier molecular flexibility index (Phi) is 3.03. The molecule has 0 aliphatic rings. The topological polar surface area (TPSA) is 40.5 Å². The second-order valence-electron chi connectivity index (χ2n) is 3.67. The fraction of sp³-hybridized carbons (Fsp3) is 0.167. The summed E-state index contributed by atoms with van der Waals surface area (Å²) in [5, 5.41) is 23.7. The van der Waals surface area contributed by atoms with Gasteiger partial charge in [-0.15, -0.1) is 22.7 Å². The van der Waals surface area contributed by atoms with Crippen molar-refractivity contribution in [3.63, 3.8) is 0 Å². The van der Waals surface area contributed by atoms with Crippen LogP contribution in [-0.2, 0) is 0 Å². The van der Waals surface area contributed by atoms with Gasteiger partial charge in [0.25, 0.3) is 0 Å². The summed E-state index contributed by atoms with van der Waals surface area (Å²) in [6.45, 7) is 3.92. The molecule has 0 saturated heterocycles. The van der Waals surface area contributed by atoms with E-state index in [-0.39, 0.29) is 11.5 Å². The Bertz CT molecular complexity index is 486. The molecule has 0 fully saturated rings. The van der Waals surface area contributed by atoms with Gasteiger partial charge in [0.2, 0.25) is 0 Å². The van der Waals surface area contributed by atoms with E-state index >= 15 is 0 Å². The summed E-state index contributed by atoms with van der Waals surface area (Å²) in [4.78, 5) is 1.39. The molecule has 0 bridgehead atoms. The van der Waals surface area contributed by atoms with Gasteiger partial charge in [0.1, 0.15) is 0 Å². The zero-order valence-electron chi connectivity index (χ0n) is 9.02. The summed E-state index contributed by atoms with van der Waals surface area (Å²) >= 11 is 2.85. The molecule has 0 spiro atoms. The van der Waals surface area contributed by atoms with Crippen molar-refractivity contribution in [2.75, 3.05) is 0 Å². The first-order chi connectivity index (χ1) is 7.58. The SMILES string of the molecule is Cc1csc(/C(O)=C(\O)c2cc(C)cs2)c1. The second-order valence-corrected chi connectivity index (χ2v) is 5.50. The maximum absolute atomic E-state index is 9.91. The highest BCUT2D eigenvalue weighted by Gasteiger charge is 2.12. The van der Waals surface area contributed by atoms with Crippen LogP contribution in [0.1, 0.15) is 20.9 Å². The molecule has 0 atom stereocenters. The standard InChI is InChI=1S/C12H12O2S2/c1-7-3-9(15-5-7)11(13)12(14)10-4-8(2)6-16-10/h3-6,13-14H,1-2H3/b12-11+. The van der Waals surface area contributed by atoms with Gasteiger partial charge in [0.05, 0.1) is 9.75 Å². The summed E-state index contributed by atoms with van der Waals surface area (Å²) in [6, 6.07) is 3.72. The Labute approximate surface area is 102 Å². The van der Waals surface area contributed by atoms with Gasteiger partial charge in [0.15, 0.2) is 11.5 Å². The molecule has 2 rings (SSSR count). The maximum Gasteiger partial charge on any atom is 0.176 e. The third kappa shape index (κ3) is 2.13. The average molecular weight is 252 g/mol. The number of aliphatic hydroxyl groups excluding tert-OH is 2. The van der Waals surface area contributed by atoms with E-state index in [9.17, 15) is 10.2 Å². The van der Waals surface area contributed by atoms with E-state index in [0.29, 0.717) is 9.75 Å². The van der Waals surface area contributed by atoms with E-state index in [1.165, 1.54) is 22.7 Å². The maximum atomic E-state index is 9.91. The molecule has 0 amide bonds. The predicted octanol–water partition coefficient (Wildman–Crippen LogP) is 4.37. The number of hydrogen-bond acceptors (Lipinski definition) is 4. The third-order valence-electron chi connectivity index (χ3n) is 2.15. The van der Waals surface area contributed by atoms with Crippen LogP contribution >= 0.6 is 22.7 Å². The van der Waals surface area contributed by atoms with Gasteiger partial charge in [-0.3, -0.25) is 0 Å². The molecule has 0 aliphatic heterocycles. The lowest BCUT2D eigenvalue weighted by Gasteiger charge is -2.00. The first-order valence-corrected chi connectivity index (χ1v) is 6.57. The first-order valence-electron chi connectivity index (χ1n) is 4.81. The van der Waals surface area contributed by atoms with Crippen LogP contribution in [0.15, 0.2) is 22.9 Å². The summed E-state index contributed by atoms with van der Waals surface area (Å²) in [5.74, 6) is -0.0834. The van der Waals surface area contributed by atoms with Gasteiger partial charge in [-0.1, -0.05) is 0 Å². The molecule has 0 radical (unpaired) electrons. The summed E-state index contributed by atoms with van der Waals surface area (Å²) < 4.78 is 0. The van der Waals surface area contributed by atoms with Crippen molar-refractivity contribution in [2.45, 2.75) is 13.8 Å². The molecule has 0 unspecified atom stereocenters. The normalized spacial score (nSPS) is 12.6. The minimum absolute atomic E-state index is 0.0417. The molecule has 4 heteroatoms. The van der Waals surface area contributed by atoms with Gasteiger partial charge >= 0.3 is 0 Å². The minimum Gasteiger partial charge on any atom is -0.503 e. The molecule has 0 saturated carbocycles. The molecule has 0 aromatic carbocycles. The lowest BCUT2D eigenvalue weighted by Crippen LogP contribution is -1.85. The molecule has 2 aromatic heterocycles. The monoisotopic (exact) mass is 252 g/mol. The Morgan fingerprint density at radius 3 is 1.50 bits per heavy atom. The van der Waals surface area contributed by atoms with Crippen LogP contribution in [-0.4, -0.2) is 10.2 Å². The van der Waals surface area contributed by atoms with Crippen molar-refractivity contribution < 1.29 is 10.2 Å². The van der Waals surface area contributed by atoms with Gasteiger partial charge < -0.3 is 10.2 Å². The van der Waals surface area contributed by atoms with Crippen molar-refractivity contribution in [3.8, 4) is 0 Å². The Morgan fingerprint density at radius 2 is 1.25 bits per heavy atom. The van der Waals surface area contributed by atoms with Crippen molar-refractivity contribution in [2.24, 2.45) is 0 Å². The number of thiophene rings is 2. The van der Waals surface area contributed by atoms with Crippen LogP contribution in [0.2, 0.25) is 0 Å². The number of rotatable bonds is 2. The molecule has 16 heavy (non-hydrogen) atoms. The molecule has 84 valence electrons. The van der Waals surface area contributed by atoms with E-state index in [1.54, 1.807) is 0 Å². The third-order valence-corrected chi connectivity index (χ3v) is 4.26. The van der Waals surface area contributed by atoms with Crippen LogP contribution in [0.5, 0.6) is 0 Å². The van der Waals surface area contributed by atoms with Crippen molar-refractivity contribution in [3.05, 3.63) is 43.8 Å². The fourth-order valence-corrected chi connectivity index (χ4v) is 3.03. The van der Waals surface area contributed by atoms with Crippen LogP contribution < -0.4 is 0 Å². The van der Waals surface area contributed by atoms with Crippen LogP contribution in [0, 0.1) is 13.8 Å². The van der Waals surface area contributed by atoms with E-state index < -0.39 is 0 Å². The summed E-state index contributed by atoms with van der Waals surface area (Å²) in [6.07, 6.45) is 0. The van der Waals surface area contributed by atoms with E-state index in [2.05, 4.69) is 0 Å². The van der Waals surface area contributed by atoms with E-state index in [4.69, 9.17) is 0 Å². The molecule has 2 N–H and O–H groups in total. The highest BCUT2D eigenvalue weighted by Crippen LogP contribution is 2.29. The second kappa shape index (κ2) is 4.31. The van der Waals surface area contributed by atoms with E-state index in [0.717, 1.165) is 11.1 Å².